The molecule has 0 radical (unpaired) electrons. The predicted molar refractivity (Wildman–Crippen MR) is 81.1 cm³/mol. The zero-order valence-corrected chi connectivity index (χ0v) is 12.6. The number of methoxy groups -OCH3 is 1. The molecule has 1 atom stereocenters. The van der Waals surface area contributed by atoms with Gasteiger partial charge in [0.15, 0.2) is 0 Å². The van der Waals surface area contributed by atoms with Crippen LogP contribution in [0.15, 0.2) is 24.3 Å². The third-order valence-electron chi connectivity index (χ3n) is 3.58. The maximum atomic E-state index is 6.04. The van der Waals surface area contributed by atoms with E-state index in [1.807, 2.05) is 0 Å². The molecule has 1 unspecified atom stereocenters. The Morgan fingerprint density at radius 3 is 2.58 bits per heavy atom. The van der Waals surface area contributed by atoms with Crippen molar-refractivity contribution in [3.8, 4) is 0 Å². The van der Waals surface area contributed by atoms with E-state index in [-0.39, 0.29) is 0 Å². The van der Waals surface area contributed by atoms with E-state index >= 15 is 0 Å². The molecular weight excluding hydrogens is 236 g/mol. The van der Waals surface area contributed by atoms with Crippen LogP contribution in [0.25, 0.3) is 0 Å². The number of benzene rings is 1. The minimum Gasteiger partial charge on any atom is -0.380 e. The summed E-state index contributed by atoms with van der Waals surface area (Å²) in [5.74, 6) is 0. The summed E-state index contributed by atoms with van der Waals surface area (Å²) in [6, 6.07) is 8.76. The van der Waals surface area contributed by atoms with Gasteiger partial charge in [0.2, 0.25) is 0 Å². The lowest BCUT2D eigenvalue weighted by molar-refractivity contribution is 0.176. The molecule has 0 aliphatic rings. The van der Waals surface area contributed by atoms with E-state index in [9.17, 15) is 0 Å². The van der Waals surface area contributed by atoms with Crippen LogP contribution in [0, 0.1) is 0 Å². The predicted octanol–water partition coefficient (Wildman–Crippen LogP) is 2.95. The van der Waals surface area contributed by atoms with Crippen LogP contribution < -0.4 is 5.73 Å². The molecule has 1 aromatic carbocycles. The van der Waals surface area contributed by atoms with Gasteiger partial charge in [0.1, 0.15) is 0 Å². The molecule has 1 aromatic rings. The van der Waals surface area contributed by atoms with Crippen LogP contribution in [0.5, 0.6) is 0 Å². The van der Waals surface area contributed by atoms with Crippen molar-refractivity contribution in [3.63, 3.8) is 0 Å². The van der Waals surface area contributed by atoms with Crippen LogP contribution in [0.2, 0.25) is 0 Å². The number of hydrogen-bond acceptors (Lipinski definition) is 3. The Kier molecular flexibility index (Phi) is 7.72. The monoisotopic (exact) mass is 264 g/mol. The Bertz CT molecular complexity index is 354. The second-order valence-corrected chi connectivity index (χ2v) is 4.87. The number of likely N-dealkylation sites (N-methyl/N-ethyl adjacent to an activating group) is 1. The van der Waals surface area contributed by atoms with E-state index in [4.69, 9.17) is 10.5 Å². The quantitative estimate of drug-likeness (QED) is 0.745. The zero-order valence-electron chi connectivity index (χ0n) is 12.6. The second-order valence-electron chi connectivity index (χ2n) is 4.87. The normalized spacial score (nSPS) is 12.9. The third kappa shape index (κ3) is 4.60. The summed E-state index contributed by atoms with van der Waals surface area (Å²) in [7, 11) is 1.74. The van der Waals surface area contributed by atoms with Crippen LogP contribution in [-0.2, 0) is 11.3 Å². The first-order valence-electron chi connectivity index (χ1n) is 7.29. The Balaban J connectivity index is 2.93. The Labute approximate surface area is 117 Å². The lowest BCUT2D eigenvalue weighted by Crippen LogP contribution is -2.35. The van der Waals surface area contributed by atoms with Gasteiger partial charge in [-0.25, -0.2) is 0 Å². The van der Waals surface area contributed by atoms with Gasteiger partial charge in [-0.15, -0.1) is 0 Å². The molecule has 1 rings (SSSR count). The Hall–Kier alpha value is -0.900. The summed E-state index contributed by atoms with van der Waals surface area (Å²) in [5.41, 5.74) is 8.59. The van der Waals surface area contributed by atoms with Gasteiger partial charge in [0, 0.05) is 19.7 Å². The zero-order chi connectivity index (χ0) is 14.1. The van der Waals surface area contributed by atoms with E-state index in [1.165, 1.54) is 24.0 Å². The highest BCUT2D eigenvalue weighted by atomic mass is 16.5. The number of ether oxygens (including phenoxy) is 1. The van der Waals surface area contributed by atoms with E-state index in [2.05, 4.69) is 43.0 Å². The first-order chi connectivity index (χ1) is 9.28. The van der Waals surface area contributed by atoms with Gasteiger partial charge in [-0.3, -0.25) is 4.90 Å². The van der Waals surface area contributed by atoms with Gasteiger partial charge in [0.05, 0.1) is 6.61 Å². The molecule has 0 saturated heterocycles. The van der Waals surface area contributed by atoms with E-state index in [1.54, 1.807) is 7.11 Å². The number of unbranched alkanes of at least 4 members (excludes halogenated alkanes) is 1. The minimum atomic E-state index is 0.294. The summed E-state index contributed by atoms with van der Waals surface area (Å²) in [6.07, 6.45) is 2.43. The SMILES string of the molecule is CCCCN(CC)C(CN)c1ccccc1COC. The summed E-state index contributed by atoms with van der Waals surface area (Å²) >= 11 is 0. The van der Waals surface area contributed by atoms with Crippen molar-refractivity contribution in [1.82, 2.24) is 4.90 Å². The van der Waals surface area contributed by atoms with Crippen molar-refractivity contribution >= 4 is 0 Å². The molecule has 0 bridgehead atoms. The van der Waals surface area contributed by atoms with Crippen molar-refractivity contribution in [3.05, 3.63) is 35.4 Å². The summed E-state index contributed by atoms with van der Waals surface area (Å²) in [6.45, 7) is 7.87. The minimum absolute atomic E-state index is 0.294. The lowest BCUT2D eigenvalue weighted by Gasteiger charge is -2.31. The van der Waals surface area contributed by atoms with E-state index in [0.717, 1.165) is 13.1 Å². The molecule has 0 fully saturated rings. The Morgan fingerprint density at radius 2 is 2.00 bits per heavy atom. The molecule has 0 heterocycles. The van der Waals surface area contributed by atoms with Gasteiger partial charge >= 0.3 is 0 Å². The fourth-order valence-electron chi connectivity index (χ4n) is 2.51. The molecule has 0 saturated carbocycles. The van der Waals surface area contributed by atoms with Gasteiger partial charge in [-0.1, -0.05) is 44.5 Å². The average Bonchev–Trinajstić information content (AvgIpc) is 2.45. The first-order valence-corrected chi connectivity index (χ1v) is 7.29. The molecule has 19 heavy (non-hydrogen) atoms. The second kappa shape index (κ2) is 9.08. The first kappa shape index (κ1) is 16.2. The highest BCUT2D eigenvalue weighted by Crippen LogP contribution is 2.24. The molecule has 0 spiro atoms. The maximum absolute atomic E-state index is 6.04. The highest BCUT2D eigenvalue weighted by molar-refractivity contribution is 5.30. The maximum Gasteiger partial charge on any atom is 0.0716 e. The molecular formula is C16H28N2O. The third-order valence-corrected chi connectivity index (χ3v) is 3.58. The molecule has 0 aliphatic heterocycles. The molecule has 108 valence electrons. The number of nitrogens with two attached hydrogens (primary N) is 1. The van der Waals surface area contributed by atoms with Crippen LogP contribution in [0.1, 0.15) is 43.9 Å². The molecule has 0 amide bonds. The van der Waals surface area contributed by atoms with Gasteiger partial charge in [-0.2, -0.15) is 0 Å². The van der Waals surface area contributed by atoms with Crippen molar-refractivity contribution in [2.45, 2.75) is 39.3 Å². The van der Waals surface area contributed by atoms with Crippen molar-refractivity contribution < 1.29 is 4.74 Å². The van der Waals surface area contributed by atoms with Gasteiger partial charge < -0.3 is 10.5 Å². The number of nitrogens with zero attached hydrogens (tertiary/aromatic N) is 1. The van der Waals surface area contributed by atoms with E-state index in [0.29, 0.717) is 19.2 Å². The molecule has 2 N–H and O–H groups in total. The smallest absolute Gasteiger partial charge is 0.0716 e. The molecule has 0 aliphatic carbocycles. The average molecular weight is 264 g/mol. The summed E-state index contributed by atoms with van der Waals surface area (Å²) in [5, 5.41) is 0. The van der Waals surface area contributed by atoms with Crippen LogP contribution >= 0.6 is 0 Å². The van der Waals surface area contributed by atoms with Crippen molar-refractivity contribution in [2.75, 3.05) is 26.7 Å². The van der Waals surface area contributed by atoms with Gasteiger partial charge in [-0.05, 0) is 30.6 Å². The van der Waals surface area contributed by atoms with Crippen LogP contribution in [-0.4, -0.2) is 31.6 Å². The van der Waals surface area contributed by atoms with Crippen LogP contribution in [0.3, 0.4) is 0 Å². The topological polar surface area (TPSA) is 38.5 Å². The number of rotatable bonds is 9. The fourth-order valence-corrected chi connectivity index (χ4v) is 2.51. The summed E-state index contributed by atoms with van der Waals surface area (Å²) in [4.78, 5) is 2.47. The van der Waals surface area contributed by atoms with Crippen molar-refractivity contribution in [1.29, 1.82) is 0 Å². The van der Waals surface area contributed by atoms with Crippen molar-refractivity contribution in [2.24, 2.45) is 5.73 Å². The molecule has 3 nitrogen and oxygen atoms in total. The Morgan fingerprint density at radius 1 is 1.26 bits per heavy atom. The summed E-state index contributed by atoms with van der Waals surface area (Å²) < 4.78 is 5.30. The van der Waals surface area contributed by atoms with E-state index < -0.39 is 0 Å². The number of hydrogen-bond donors (Lipinski definition) is 1. The molecule has 3 heteroatoms. The fraction of sp³-hybridized carbons (Fsp3) is 0.625. The standard InChI is InChI=1S/C16H28N2O/c1-4-6-11-18(5-2)16(12-17)15-10-8-7-9-14(15)13-19-3/h7-10,16H,4-6,11-13,17H2,1-3H3. The van der Waals surface area contributed by atoms with Gasteiger partial charge in [0.25, 0.3) is 0 Å². The largest absolute Gasteiger partial charge is 0.380 e. The lowest BCUT2D eigenvalue weighted by atomic mass is 9.99. The molecule has 0 aromatic heterocycles. The van der Waals surface area contributed by atoms with Crippen LogP contribution in [0.4, 0.5) is 0 Å². The highest BCUT2D eigenvalue weighted by Gasteiger charge is 2.19.